The fraction of sp³-hybridized carbons (Fsp3) is 0.579. The van der Waals surface area contributed by atoms with Crippen molar-refractivity contribution in [3.8, 4) is 0 Å². The normalized spacial score (nSPS) is 24.8. The molecule has 24 heavy (non-hydrogen) atoms. The molecule has 3 rings (SSSR count). The number of ether oxygens (including phenoxy) is 1. The van der Waals surface area contributed by atoms with Crippen molar-refractivity contribution >= 4 is 0 Å². The van der Waals surface area contributed by atoms with Crippen LogP contribution in [0.5, 0.6) is 0 Å². The second kappa shape index (κ2) is 7.79. The largest absolute Gasteiger partial charge is 0.491 e. The van der Waals surface area contributed by atoms with Crippen LogP contribution in [0.15, 0.2) is 41.5 Å². The summed E-state index contributed by atoms with van der Waals surface area (Å²) in [6.45, 7) is 6.75. The van der Waals surface area contributed by atoms with E-state index >= 15 is 0 Å². The molecule has 0 bridgehead atoms. The highest BCUT2D eigenvalue weighted by Crippen LogP contribution is 2.22. The van der Waals surface area contributed by atoms with Crippen LogP contribution in [-0.2, 0) is 17.9 Å². The van der Waals surface area contributed by atoms with Gasteiger partial charge < -0.3 is 15.8 Å². The molecule has 1 aliphatic heterocycles. The number of nitrogens with two attached hydrogens (primary N) is 1. The van der Waals surface area contributed by atoms with Gasteiger partial charge in [-0.25, -0.2) is 0 Å². The zero-order valence-corrected chi connectivity index (χ0v) is 14.8. The summed E-state index contributed by atoms with van der Waals surface area (Å²) in [4.78, 5) is 0. The third-order valence-electron chi connectivity index (χ3n) is 5.04. The Kier molecular flexibility index (Phi) is 5.51. The quantitative estimate of drug-likeness (QED) is 0.750. The minimum absolute atomic E-state index is 0.473. The molecule has 0 aromatic carbocycles. The molecule has 2 atom stereocenters. The lowest BCUT2D eigenvalue weighted by molar-refractivity contribution is 0.159. The average Bonchev–Trinajstić information content (AvgIpc) is 2.73. The van der Waals surface area contributed by atoms with Crippen molar-refractivity contribution in [3.63, 3.8) is 0 Å². The van der Waals surface area contributed by atoms with Crippen LogP contribution in [0.1, 0.15) is 45.2 Å². The van der Waals surface area contributed by atoms with E-state index in [4.69, 9.17) is 10.5 Å². The van der Waals surface area contributed by atoms with Crippen molar-refractivity contribution in [2.24, 2.45) is 11.7 Å². The topological polar surface area (TPSA) is 68.0 Å². The lowest BCUT2D eigenvalue weighted by Crippen LogP contribution is -2.29. The molecule has 2 unspecified atom stereocenters. The van der Waals surface area contributed by atoms with Crippen molar-refractivity contribution in [1.29, 1.82) is 0 Å². The Morgan fingerprint density at radius 2 is 2.25 bits per heavy atom. The van der Waals surface area contributed by atoms with Crippen LogP contribution in [-0.4, -0.2) is 22.4 Å². The lowest BCUT2D eigenvalue weighted by Gasteiger charge is -2.21. The van der Waals surface area contributed by atoms with E-state index in [9.17, 15) is 0 Å². The number of hydrogen-bond acceptors (Lipinski definition) is 3. The fourth-order valence-corrected chi connectivity index (χ4v) is 3.30. The Morgan fingerprint density at radius 3 is 3.00 bits per heavy atom. The summed E-state index contributed by atoms with van der Waals surface area (Å²) in [6.07, 6.45) is 12.8. The predicted molar refractivity (Wildman–Crippen MR) is 97.1 cm³/mol. The first-order valence-corrected chi connectivity index (χ1v) is 9.09. The van der Waals surface area contributed by atoms with Gasteiger partial charge in [-0.1, -0.05) is 26.0 Å². The molecule has 1 aliphatic carbocycles. The van der Waals surface area contributed by atoms with Gasteiger partial charge >= 0.3 is 0 Å². The summed E-state index contributed by atoms with van der Waals surface area (Å²) >= 11 is 0. The van der Waals surface area contributed by atoms with Crippen molar-refractivity contribution in [2.45, 2.75) is 58.7 Å². The smallest absolute Gasteiger partial charge is 0.131 e. The van der Waals surface area contributed by atoms with Crippen LogP contribution in [0.25, 0.3) is 0 Å². The summed E-state index contributed by atoms with van der Waals surface area (Å²) in [5.74, 6) is 1.55. The molecule has 5 nitrogen and oxygen atoms in total. The summed E-state index contributed by atoms with van der Waals surface area (Å²) in [5, 5.41) is 6.95. The van der Waals surface area contributed by atoms with Gasteiger partial charge in [0.25, 0.3) is 0 Å². The van der Waals surface area contributed by atoms with Crippen molar-refractivity contribution < 1.29 is 4.74 Å². The molecule has 132 valence electrons. The molecule has 0 fully saturated rings. The first-order valence-electron chi connectivity index (χ1n) is 9.09. The van der Waals surface area contributed by atoms with Gasteiger partial charge in [0.2, 0.25) is 0 Å². The van der Waals surface area contributed by atoms with E-state index < -0.39 is 0 Å². The van der Waals surface area contributed by atoms with Gasteiger partial charge in [-0.15, -0.1) is 0 Å². The SMILES string of the molecule is CCC1CCC(N)=C(Cn2cc(COC3=CC=CCC3C)[nH]2)CN1. The van der Waals surface area contributed by atoms with Gasteiger partial charge in [-0.05, 0) is 37.3 Å². The number of aromatic nitrogens is 2. The zero-order valence-electron chi connectivity index (χ0n) is 14.8. The first-order chi connectivity index (χ1) is 11.7. The Bertz CT molecular complexity index is 623. The summed E-state index contributed by atoms with van der Waals surface area (Å²) in [6, 6.07) is 0.588. The molecule has 5 heteroatoms. The first kappa shape index (κ1) is 17.0. The minimum Gasteiger partial charge on any atom is -0.491 e. The molecule has 0 radical (unpaired) electrons. The Labute approximate surface area is 144 Å². The maximum absolute atomic E-state index is 6.25. The number of H-pyrrole nitrogens is 1. The molecule has 1 aromatic heterocycles. The predicted octanol–water partition coefficient (Wildman–Crippen LogP) is 3.19. The second-order valence-corrected chi connectivity index (χ2v) is 6.97. The number of nitrogens with zero attached hydrogens (tertiary/aromatic N) is 1. The molecule has 0 spiro atoms. The molecule has 4 N–H and O–H groups in total. The highest BCUT2D eigenvalue weighted by molar-refractivity contribution is 5.17. The molecule has 0 saturated heterocycles. The molecule has 2 aliphatic rings. The highest BCUT2D eigenvalue weighted by atomic mass is 16.5. The van der Waals surface area contributed by atoms with E-state index in [1.165, 1.54) is 5.57 Å². The van der Waals surface area contributed by atoms with Gasteiger partial charge in [-0.2, -0.15) is 0 Å². The number of hydrogen-bond donors (Lipinski definition) is 3. The molecule has 0 saturated carbocycles. The van der Waals surface area contributed by atoms with Crippen molar-refractivity contribution in [1.82, 2.24) is 15.1 Å². The Morgan fingerprint density at radius 1 is 1.42 bits per heavy atom. The third-order valence-corrected chi connectivity index (χ3v) is 5.04. The maximum Gasteiger partial charge on any atom is 0.131 e. The van der Waals surface area contributed by atoms with Crippen LogP contribution in [0.2, 0.25) is 0 Å². The van der Waals surface area contributed by atoms with E-state index in [0.29, 0.717) is 18.6 Å². The van der Waals surface area contributed by atoms with Gasteiger partial charge in [0, 0.05) is 30.4 Å². The number of rotatable bonds is 6. The van der Waals surface area contributed by atoms with Crippen LogP contribution in [0.3, 0.4) is 0 Å². The Balaban J connectivity index is 1.49. The lowest BCUT2D eigenvalue weighted by atomic mass is 10.0. The number of aromatic amines is 1. The molecule has 2 heterocycles. The van der Waals surface area contributed by atoms with Crippen LogP contribution in [0, 0.1) is 5.92 Å². The molecular weight excluding hydrogens is 300 g/mol. The van der Waals surface area contributed by atoms with E-state index in [0.717, 1.165) is 55.9 Å². The molecular formula is C19H30N4O. The van der Waals surface area contributed by atoms with E-state index in [1.54, 1.807) is 0 Å². The van der Waals surface area contributed by atoms with Crippen molar-refractivity contribution in [2.75, 3.05) is 6.54 Å². The monoisotopic (exact) mass is 330 g/mol. The van der Waals surface area contributed by atoms with Crippen LogP contribution < -0.4 is 11.1 Å². The zero-order chi connectivity index (χ0) is 16.9. The maximum atomic E-state index is 6.25. The average molecular weight is 330 g/mol. The van der Waals surface area contributed by atoms with Gasteiger partial charge in [-0.3, -0.25) is 9.78 Å². The summed E-state index contributed by atoms with van der Waals surface area (Å²) in [7, 11) is 0. The van der Waals surface area contributed by atoms with Gasteiger partial charge in [0.15, 0.2) is 0 Å². The van der Waals surface area contributed by atoms with Gasteiger partial charge in [0.1, 0.15) is 6.61 Å². The summed E-state index contributed by atoms with van der Waals surface area (Å²) in [5.41, 5.74) is 9.71. The molecule has 1 aromatic rings. The van der Waals surface area contributed by atoms with E-state index in [2.05, 4.69) is 53.4 Å². The highest BCUT2D eigenvalue weighted by Gasteiger charge is 2.16. The second-order valence-electron chi connectivity index (χ2n) is 6.97. The minimum atomic E-state index is 0.473. The van der Waals surface area contributed by atoms with E-state index in [1.807, 2.05) is 0 Å². The van der Waals surface area contributed by atoms with Crippen LogP contribution in [0.4, 0.5) is 0 Å². The summed E-state index contributed by atoms with van der Waals surface area (Å²) < 4.78 is 8.00. The van der Waals surface area contributed by atoms with Crippen molar-refractivity contribution in [3.05, 3.63) is 47.1 Å². The van der Waals surface area contributed by atoms with E-state index in [-0.39, 0.29) is 0 Å². The Hall–Kier alpha value is -1.88. The number of allylic oxidation sites excluding steroid dienone is 5. The van der Waals surface area contributed by atoms with Gasteiger partial charge in [0.05, 0.1) is 18.0 Å². The molecule has 0 amide bonds. The fourth-order valence-electron chi connectivity index (χ4n) is 3.30. The number of nitrogens with one attached hydrogen (secondary N) is 2. The van der Waals surface area contributed by atoms with Crippen LogP contribution >= 0.6 is 0 Å². The third kappa shape index (κ3) is 4.15. The standard InChI is InChI=1S/C19H30N4O/c1-3-16-8-9-18(20)15(10-21-16)11-23-12-17(22-23)13-24-19-7-5-4-6-14(19)2/h4-5,7,12,14,16,21-22H,3,6,8-11,13,20H2,1-2H3.